The highest BCUT2D eigenvalue weighted by Crippen LogP contribution is 2.48. The quantitative estimate of drug-likeness (QED) is 0.418. The SMILES string of the molecule is O[C@H](/C=C/[C@@H]1[C@H]2CC(CCCCCN3CCCCC3)=C[C@H]2C[C@H]1O)C1CCCC1. The van der Waals surface area contributed by atoms with Crippen LogP contribution in [-0.4, -0.2) is 47.0 Å². The molecule has 0 bridgehead atoms. The molecule has 0 aromatic heterocycles. The van der Waals surface area contributed by atoms with Crippen molar-refractivity contribution in [2.75, 3.05) is 19.6 Å². The Hall–Kier alpha value is -0.640. The third-order valence-corrected chi connectivity index (χ3v) is 8.28. The Balaban J connectivity index is 1.17. The van der Waals surface area contributed by atoms with Crippen molar-refractivity contribution in [3.8, 4) is 0 Å². The summed E-state index contributed by atoms with van der Waals surface area (Å²) in [5.41, 5.74) is 1.64. The standard InChI is InChI=1S/C26H43NO2/c28-25(21-10-4-5-11-21)13-12-23-24-18-20(17-22(24)19-26(23)29)9-3-1-6-14-27-15-7-2-8-16-27/h12-13,17,21-26,28-29H,1-11,14-16,18-19H2/b13-12+/t22-,23+,24-,25+,26+/m0/s1. The number of allylic oxidation sites excluding steroid dienone is 2. The molecule has 0 radical (unpaired) electrons. The van der Waals surface area contributed by atoms with Crippen LogP contribution in [0.15, 0.2) is 23.8 Å². The van der Waals surface area contributed by atoms with Gasteiger partial charge in [0.05, 0.1) is 12.2 Å². The molecule has 3 fully saturated rings. The Morgan fingerprint density at radius 2 is 1.83 bits per heavy atom. The molecule has 1 heterocycles. The van der Waals surface area contributed by atoms with Crippen LogP contribution < -0.4 is 0 Å². The Kier molecular flexibility index (Phi) is 7.89. The minimum atomic E-state index is -0.308. The monoisotopic (exact) mass is 401 g/mol. The van der Waals surface area contributed by atoms with Gasteiger partial charge in [0.2, 0.25) is 0 Å². The van der Waals surface area contributed by atoms with Crippen LogP contribution in [0, 0.1) is 23.7 Å². The summed E-state index contributed by atoms with van der Waals surface area (Å²) in [6.07, 6.45) is 22.6. The lowest BCUT2D eigenvalue weighted by Gasteiger charge is -2.26. The Morgan fingerprint density at radius 1 is 1.03 bits per heavy atom. The molecule has 2 saturated carbocycles. The van der Waals surface area contributed by atoms with Crippen LogP contribution in [0.3, 0.4) is 0 Å². The minimum absolute atomic E-state index is 0.223. The van der Waals surface area contributed by atoms with Crippen LogP contribution >= 0.6 is 0 Å². The average molecular weight is 402 g/mol. The van der Waals surface area contributed by atoms with Gasteiger partial charge in [-0.25, -0.2) is 0 Å². The Morgan fingerprint density at radius 3 is 2.62 bits per heavy atom. The zero-order valence-corrected chi connectivity index (χ0v) is 18.4. The van der Waals surface area contributed by atoms with E-state index in [0.29, 0.717) is 17.8 Å². The number of piperidine rings is 1. The van der Waals surface area contributed by atoms with Gasteiger partial charge in [-0.15, -0.1) is 0 Å². The summed E-state index contributed by atoms with van der Waals surface area (Å²) in [6, 6.07) is 0. The minimum Gasteiger partial charge on any atom is -0.392 e. The van der Waals surface area contributed by atoms with Crippen molar-refractivity contribution in [2.24, 2.45) is 23.7 Å². The highest BCUT2D eigenvalue weighted by Gasteiger charge is 2.43. The lowest BCUT2D eigenvalue weighted by atomic mass is 9.88. The van der Waals surface area contributed by atoms with Gasteiger partial charge in [-0.05, 0) is 95.2 Å². The summed E-state index contributed by atoms with van der Waals surface area (Å²) in [4.78, 5) is 2.65. The smallest absolute Gasteiger partial charge is 0.0749 e. The fraction of sp³-hybridized carbons (Fsp3) is 0.846. The predicted octanol–water partition coefficient (Wildman–Crippen LogP) is 5.08. The molecule has 164 valence electrons. The number of likely N-dealkylation sites (tertiary alicyclic amines) is 1. The number of aliphatic hydroxyl groups is 2. The van der Waals surface area contributed by atoms with E-state index in [2.05, 4.69) is 17.1 Å². The van der Waals surface area contributed by atoms with E-state index in [0.717, 1.165) is 19.3 Å². The predicted molar refractivity (Wildman–Crippen MR) is 120 cm³/mol. The molecule has 3 heteroatoms. The van der Waals surface area contributed by atoms with Crippen LogP contribution in [0.4, 0.5) is 0 Å². The summed E-state index contributed by atoms with van der Waals surface area (Å²) >= 11 is 0. The highest BCUT2D eigenvalue weighted by molar-refractivity contribution is 5.21. The summed E-state index contributed by atoms with van der Waals surface area (Å²) in [5, 5.41) is 21.0. The molecule has 29 heavy (non-hydrogen) atoms. The van der Waals surface area contributed by atoms with Crippen LogP contribution in [-0.2, 0) is 0 Å². The number of hydrogen-bond donors (Lipinski definition) is 2. The molecule has 0 aromatic carbocycles. The maximum absolute atomic E-state index is 10.6. The van der Waals surface area contributed by atoms with Crippen LogP contribution in [0.1, 0.15) is 83.5 Å². The first-order chi connectivity index (χ1) is 14.2. The lowest BCUT2D eigenvalue weighted by Crippen LogP contribution is -2.30. The van der Waals surface area contributed by atoms with Crippen LogP contribution in [0.25, 0.3) is 0 Å². The van der Waals surface area contributed by atoms with E-state index in [-0.39, 0.29) is 18.1 Å². The molecule has 0 amide bonds. The maximum atomic E-state index is 10.6. The van der Waals surface area contributed by atoms with Crippen molar-refractivity contribution in [3.05, 3.63) is 23.8 Å². The number of aliphatic hydroxyl groups excluding tert-OH is 2. The van der Waals surface area contributed by atoms with E-state index < -0.39 is 0 Å². The van der Waals surface area contributed by atoms with Gasteiger partial charge >= 0.3 is 0 Å². The molecular formula is C26H43NO2. The molecule has 5 atom stereocenters. The highest BCUT2D eigenvalue weighted by atomic mass is 16.3. The lowest BCUT2D eigenvalue weighted by molar-refractivity contribution is 0.135. The molecule has 1 aliphatic heterocycles. The maximum Gasteiger partial charge on any atom is 0.0749 e. The molecule has 1 saturated heterocycles. The zero-order valence-electron chi connectivity index (χ0n) is 18.4. The van der Waals surface area contributed by atoms with Crippen molar-refractivity contribution in [1.82, 2.24) is 4.90 Å². The number of hydrogen-bond acceptors (Lipinski definition) is 3. The number of nitrogens with zero attached hydrogens (tertiary/aromatic N) is 1. The average Bonchev–Trinajstić information content (AvgIpc) is 3.44. The molecule has 3 aliphatic carbocycles. The topological polar surface area (TPSA) is 43.7 Å². The molecular weight excluding hydrogens is 358 g/mol. The second kappa shape index (κ2) is 10.6. The normalized spacial score (nSPS) is 34.8. The van der Waals surface area contributed by atoms with Crippen molar-refractivity contribution in [1.29, 1.82) is 0 Å². The molecule has 0 spiro atoms. The van der Waals surface area contributed by atoms with E-state index in [1.807, 2.05) is 6.08 Å². The fourth-order valence-corrected chi connectivity index (χ4v) is 6.54. The molecule has 0 aromatic rings. The van der Waals surface area contributed by atoms with Gasteiger partial charge in [0.1, 0.15) is 0 Å². The summed E-state index contributed by atoms with van der Waals surface area (Å²) < 4.78 is 0. The first kappa shape index (κ1) is 21.6. The van der Waals surface area contributed by atoms with Gasteiger partial charge in [0.15, 0.2) is 0 Å². The molecule has 3 nitrogen and oxygen atoms in total. The van der Waals surface area contributed by atoms with Gasteiger partial charge in [0.25, 0.3) is 0 Å². The van der Waals surface area contributed by atoms with Crippen molar-refractivity contribution in [3.63, 3.8) is 0 Å². The van der Waals surface area contributed by atoms with Gasteiger partial charge in [0, 0.05) is 5.92 Å². The Labute approximate surface area is 178 Å². The number of fused-ring (bicyclic) bond motifs is 1. The van der Waals surface area contributed by atoms with Gasteiger partial charge in [-0.2, -0.15) is 0 Å². The third-order valence-electron chi connectivity index (χ3n) is 8.28. The van der Waals surface area contributed by atoms with E-state index in [1.54, 1.807) is 5.57 Å². The Bertz CT molecular complexity index is 559. The van der Waals surface area contributed by atoms with Crippen molar-refractivity contribution < 1.29 is 10.2 Å². The van der Waals surface area contributed by atoms with Crippen LogP contribution in [0.2, 0.25) is 0 Å². The summed E-state index contributed by atoms with van der Waals surface area (Å²) in [5.74, 6) is 1.82. The van der Waals surface area contributed by atoms with E-state index in [1.165, 1.54) is 83.8 Å². The van der Waals surface area contributed by atoms with Gasteiger partial charge < -0.3 is 15.1 Å². The zero-order chi connectivity index (χ0) is 20.1. The number of rotatable bonds is 9. The van der Waals surface area contributed by atoms with Gasteiger partial charge in [-0.1, -0.05) is 49.5 Å². The third kappa shape index (κ3) is 5.74. The first-order valence-electron chi connectivity index (χ1n) is 12.7. The van der Waals surface area contributed by atoms with E-state index in [4.69, 9.17) is 0 Å². The second-order valence-corrected chi connectivity index (χ2v) is 10.4. The van der Waals surface area contributed by atoms with Crippen molar-refractivity contribution >= 4 is 0 Å². The van der Waals surface area contributed by atoms with E-state index >= 15 is 0 Å². The summed E-state index contributed by atoms with van der Waals surface area (Å²) in [7, 11) is 0. The molecule has 4 rings (SSSR count). The fourth-order valence-electron chi connectivity index (χ4n) is 6.54. The van der Waals surface area contributed by atoms with Gasteiger partial charge in [-0.3, -0.25) is 0 Å². The van der Waals surface area contributed by atoms with Crippen molar-refractivity contribution in [2.45, 2.75) is 95.7 Å². The second-order valence-electron chi connectivity index (χ2n) is 10.4. The molecule has 2 N–H and O–H groups in total. The number of unbranched alkanes of at least 4 members (excludes halogenated alkanes) is 2. The molecule has 0 unspecified atom stereocenters. The van der Waals surface area contributed by atoms with Crippen LogP contribution in [0.5, 0.6) is 0 Å². The van der Waals surface area contributed by atoms with E-state index in [9.17, 15) is 10.2 Å². The molecule has 4 aliphatic rings. The summed E-state index contributed by atoms with van der Waals surface area (Å²) in [6.45, 7) is 3.94. The first-order valence-corrected chi connectivity index (χ1v) is 12.7. The largest absolute Gasteiger partial charge is 0.392 e.